The maximum absolute atomic E-state index is 11.3. The smallest absolute Gasteiger partial charge is 0.239 e. The van der Waals surface area contributed by atoms with E-state index in [-0.39, 0.29) is 23.8 Å². The molecule has 7 heteroatoms. The minimum Gasteiger partial charge on any atom is -0.360 e. The van der Waals surface area contributed by atoms with Gasteiger partial charge in [0.1, 0.15) is 10.8 Å². The summed E-state index contributed by atoms with van der Waals surface area (Å²) in [6, 6.07) is 0.0961. The Morgan fingerprint density at radius 3 is 2.81 bits per heavy atom. The minimum atomic E-state index is -0.138. The number of anilines is 1. The van der Waals surface area contributed by atoms with Gasteiger partial charge in [0.2, 0.25) is 11.2 Å². The standard InChI is InChI=1S/C9H12Cl2N4O/c1-5(2)14-7(16)4-12-8-6(10)3-13-9(11)15-8/h3,5H,4H2,1-2H3,(H,14,16)(H,12,13,15). The monoisotopic (exact) mass is 262 g/mol. The van der Waals surface area contributed by atoms with Crippen molar-refractivity contribution < 1.29 is 4.79 Å². The highest BCUT2D eigenvalue weighted by Gasteiger charge is 2.07. The van der Waals surface area contributed by atoms with E-state index in [1.54, 1.807) is 0 Å². The largest absolute Gasteiger partial charge is 0.360 e. The third-order valence-electron chi connectivity index (χ3n) is 1.58. The lowest BCUT2D eigenvalue weighted by atomic mass is 10.4. The number of amides is 1. The van der Waals surface area contributed by atoms with E-state index in [0.29, 0.717) is 10.8 Å². The molecular formula is C9H12Cl2N4O. The first kappa shape index (κ1) is 13.0. The molecule has 0 fully saturated rings. The number of aromatic nitrogens is 2. The van der Waals surface area contributed by atoms with E-state index in [1.807, 2.05) is 13.8 Å². The zero-order valence-corrected chi connectivity index (χ0v) is 10.4. The second-order valence-electron chi connectivity index (χ2n) is 3.41. The predicted octanol–water partition coefficient (Wildman–Crippen LogP) is 1.72. The van der Waals surface area contributed by atoms with Crippen molar-refractivity contribution in [2.45, 2.75) is 19.9 Å². The lowest BCUT2D eigenvalue weighted by molar-refractivity contribution is -0.119. The van der Waals surface area contributed by atoms with Crippen molar-refractivity contribution in [3.63, 3.8) is 0 Å². The molecule has 0 saturated carbocycles. The van der Waals surface area contributed by atoms with E-state index >= 15 is 0 Å². The molecule has 0 atom stereocenters. The van der Waals surface area contributed by atoms with Crippen LogP contribution >= 0.6 is 23.2 Å². The van der Waals surface area contributed by atoms with E-state index in [0.717, 1.165) is 0 Å². The summed E-state index contributed by atoms with van der Waals surface area (Å²) in [5.74, 6) is 0.210. The average Bonchev–Trinajstić information content (AvgIpc) is 2.18. The molecule has 0 unspecified atom stereocenters. The van der Waals surface area contributed by atoms with Gasteiger partial charge in [-0.25, -0.2) is 4.98 Å². The van der Waals surface area contributed by atoms with Crippen LogP contribution in [0.4, 0.5) is 5.82 Å². The molecule has 1 heterocycles. The van der Waals surface area contributed by atoms with Crippen molar-refractivity contribution in [2.24, 2.45) is 0 Å². The van der Waals surface area contributed by atoms with Crippen LogP contribution in [0, 0.1) is 0 Å². The topological polar surface area (TPSA) is 66.9 Å². The van der Waals surface area contributed by atoms with E-state index in [4.69, 9.17) is 23.2 Å². The molecule has 0 bridgehead atoms. The Morgan fingerprint density at radius 1 is 1.50 bits per heavy atom. The first-order valence-electron chi connectivity index (χ1n) is 4.70. The van der Waals surface area contributed by atoms with Gasteiger partial charge in [0.15, 0.2) is 0 Å². The fourth-order valence-electron chi connectivity index (χ4n) is 1.01. The summed E-state index contributed by atoms with van der Waals surface area (Å²) in [6.45, 7) is 3.85. The molecule has 0 aliphatic heterocycles. The quantitative estimate of drug-likeness (QED) is 0.812. The van der Waals surface area contributed by atoms with Crippen molar-refractivity contribution in [3.8, 4) is 0 Å². The highest BCUT2D eigenvalue weighted by molar-refractivity contribution is 6.33. The van der Waals surface area contributed by atoms with Gasteiger partial charge in [0, 0.05) is 6.04 Å². The average molecular weight is 263 g/mol. The van der Waals surface area contributed by atoms with Crippen molar-refractivity contribution >= 4 is 34.9 Å². The van der Waals surface area contributed by atoms with Gasteiger partial charge in [-0.05, 0) is 25.4 Å². The molecule has 88 valence electrons. The molecule has 16 heavy (non-hydrogen) atoms. The van der Waals surface area contributed by atoms with E-state index in [2.05, 4.69) is 20.6 Å². The maximum atomic E-state index is 11.3. The van der Waals surface area contributed by atoms with Gasteiger partial charge in [0.05, 0.1) is 12.7 Å². The number of carbonyl (C=O) groups is 1. The van der Waals surface area contributed by atoms with Crippen LogP contribution in [0.2, 0.25) is 10.3 Å². The Hall–Kier alpha value is -1.07. The molecule has 0 aliphatic rings. The molecule has 1 rings (SSSR count). The molecule has 0 saturated heterocycles. The van der Waals surface area contributed by atoms with E-state index in [9.17, 15) is 4.79 Å². The molecule has 0 spiro atoms. The molecule has 0 aromatic carbocycles. The lowest BCUT2D eigenvalue weighted by Gasteiger charge is -2.10. The fraction of sp³-hybridized carbons (Fsp3) is 0.444. The molecular weight excluding hydrogens is 251 g/mol. The van der Waals surface area contributed by atoms with Crippen molar-refractivity contribution in [3.05, 3.63) is 16.5 Å². The first-order valence-corrected chi connectivity index (χ1v) is 5.46. The summed E-state index contributed by atoms with van der Waals surface area (Å²) in [7, 11) is 0. The van der Waals surface area contributed by atoms with Crippen LogP contribution in [0.5, 0.6) is 0 Å². The SMILES string of the molecule is CC(C)NC(=O)CNc1nc(Cl)ncc1Cl. The third kappa shape index (κ3) is 4.20. The molecule has 0 aliphatic carbocycles. The summed E-state index contributed by atoms with van der Waals surface area (Å²) in [4.78, 5) is 18.9. The Bertz CT molecular complexity index is 384. The van der Waals surface area contributed by atoms with Crippen LogP contribution in [0.1, 0.15) is 13.8 Å². The Morgan fingerprint density at radius 2 is 2.19 bits per heavy atom. The van der Waals surface area contributed by atoms with Crippen LogP contribution in [0.3, 0.4) is 0 Å². The molecule has 2 N–H and O–H groups in total. The summed E-state index contributed by atoms with van der Waals surface area (Å²) >= 11 is 11.4. The zero-order chi connectivity index (χ0) is 12.1. The van der Waals surface area contributed by atoms with E-state index < -0.39 is 0 Å². The van der Waals surface area contributed by atoms with Gasteiger partial charge in [-0.1, -0.05) is 11.6 Å². The van der Waals surface area contributed by atoms with Gasteiger partial charge in [-0.2, -0.15) is 4.98 Å². The van der Waals surface area contributed by atoms with Gasteiger partial charge >= 0.3 is 0 Å². The summed E-state index contributed by atoms with van der Waals surface area (Å²) in [6.07, 6.45) is 1.37. The second-order valence-corrected chi connectivity index (χ2v) is 4.16. The van der Waals surface area contributed by atoms with Crippen LogP contribution in [0.25, 0.3) is 0 Å². The Balaban J connectivity index is 2.54. The van der Waals surface area contributed by atoms with Crippen LogP contribution < -0.4 is 10.6 Å². The number of hydrogen-bond acceptors (Lipinski definition) is 4. The number of carbonyl (C=O) groups excluding carboxylic acids is 1. The van der Waals surface area contributed by atoms with Gasteiger partial charge in [-0.3, -0.25) is 4.79 Å². The van der Waals surface area contributed by atoms with Gasteiger partial charge in [0.25, 0.3) is 0 Å². The van der Waals surface area contributed by atoms with Crippen LogP contribution in [0.15, 0.2) is 6.20 Å². The number of nitrogens with zero attached hydrogens (tertiary/aromatic N) is 2. The second kappa shape index (κ2) is 5.86. The highest BCUT2D eigenvalue weighted by Crippen LogP contribution is 2.18. The normalized spacial score (nSPS) is 10.3. The minimum absolute atomic E-state index is 0.0798. The third-order valence-corrected chi connectivity index (χ3v) is 2.04. The number of nitrogens with one attached hydrogen (secondary N) is 2. The molecule has 1 amide bonds. The summed E-state index contributed by atoms with van der Waals surface area (Å²) < 4.78 is 0. The van der Waals surface area contributed by atoms with Crippen molar-refractivity contribution in [1.29, 1.82) is 0 Å². The Labute approximate surface area is 104 Å². The number of hydrogen-bond donors (Lipinski definition) is 2. The zero-order valence-electron chi connectivity index (χ0n) is 8.92. The van der Waals surface area contributed by atoms with Crippen LogP contribution in [-0.4, -0.2) is 28.5 Å². The molecule has 5 nitrogen and oxygen atoms in total. The van der Waals surface area contributed by atoms with Crippen molar-refractivity contribution in [1.82, 2.24) is 15.3 Å². The number of rotatable bonds is 4. The highest BCUT2D eigenvalue weighted by atomic mass is 35.5. The van der Waals surface area contributed by atoms with Crippen molar-refractivity contribution in [2.75, 3.05) is 11.9 Å². The summed E-state index contributed by atoms with van der Waals surface area (Å²) in [5, 5.41) is 5.91. The lowest BCUT2D eigenvalue weighted by Crippen LogP contribution is -2.35. The van der Waals surface area contributed by atoms with Gasteiger partial charge in [-0.15, -0.1) is 0 Å². The van der Waals surface area contributed by atoms with Crippen LogP contribution in [-0.2, 0) is 4.79 Å². The fourth-order valence-corrected chi connectivity index (χ4v) is 1.30. The van der Waals surface area contributed by atoms with Gasteiger partial charge < -0.3 is 10.6 Å². The molecule has 1 aromatic heterocycles. The predicted molar refractivity (Wildman–Crippen MR) is 63.8 cm³/mol. The number of halogens is 2. The van der Waals surface area contributed by atoms with E-state index in [1.165, 1.54) is 6.20 Å². The first-order chi connectivity index (χ1) is 7.49. The summed E-state index contributed by atoms with van der Waals surface area (Å²) in [5.41, 5.74) is 0. The maximum Gasteiger partial charge on any atom is 0.239 e. The molecule has 1 aromatic rings. The Kier molecular flexibility index (Phi) is 4.76. The molecule has 0 radical (unpaired) electrons.